The first-order valence-electron chi connectivity index (χ1n) is 9.44. The number of hydrogen-bond donors (Lipinski definition) is 0. The van der Waals surface area contributed by atoms with Gasteiger partial charge in [0.05, 0.1) is 5.92 Å². The first kappa shape index (κ1) is 18.2. The van der Waals surface area contributed by atoms with E-state index in [1.807, 2.05) is 0 Å². The molecule has 5 nitrogen and oxygen atoms in total. The monoisotopic (exact) mass is 325 g/mol. The highest BCUT2D eigenvalue weighted by Gasteiger charge is 2.33. The minimum atomic E-state index is -0.441. The number of carbonyl (C=O) groups is 1. The highest BCUT2D eigenvalue weighted by Crippen LogP contribution is 2.33. The molecule has 2 aliphatic rings. The van der Waals surface area contributed by atoms with Crippen molar-refractivity contribution in [2.75, 3.05) is 0 Å². The van der Waals surface area contributed by atoms with Crippen molar-refractivity contribution >= 4 is 5.97 Å². The second kappa shape index (κ2) is 9.24. The van der Waals surface area contributed by atoms with Crippen LogP contribution in [-0.2, 0) is 9.53 Å². The molecule has 0 unspecified atom stereocenters. The molecule has 2 aliphatic carbocycles. The number of ether oxygens (including phenoxy) is 1. The smallest absolute Gasteiger partial charge is 0.309 e. The predicted octanol–water partition coefficient (Wildman–Crippen LogP) is 4.50. The van der Waals surface area contributed by atoms with E-state index >= 15 is 0 Å². The van der Waals surface area contributed by atoms with Crippen molar-refractivity contribution in [3.05, 3.63) is 10.1 Å². The van der Waals surface area contributed by atoms with Gasteiger partial charge in [-0.3, -0.25) is 14.9 Å². The van der Waals surface area contributed by atoms with E-state index in [-0.39, 0.29) is 22.9 Å². The van der Waals surface area contributed by atoms with Crippen LogP contribution in [0.3, 0.4) is 0 Å². The van der Waals surface area contributed by atoms with Crippen LogP contribution in [0, 0.1) is 22.0 Å². The molecular weight excluding hydrogens is 294 g/mol. The Hall–Kier alpha value is -1.13. The SMILES string of the molecule is CCCCCC1CCC(C(=O)OC2CCC([N+](=O)[O-])CC2)CC1. The first-order valence-corrected chi connectivity index (χ1v) is 9.44. The highest BCUT2D eigenvalue weighted by molar-refractivity contribution is 5.72. The Morgan fingerprint density at radius 3 is 2.26 bits per heavy atom. The van der Waals surface area contributed by atoms with Gasteiger partial charge < -0.3 is 4.74 Å². The summed E-state index contributed by atoms with van der Waals surface area (Å²) in [5.74, 6) is 0.799. The standard InChI is InChI=1S/C18H31NO4/c1-2-3-4-5-14-6-8-15(9-7-14)18(20)23-17-12-10-16(11-13-17)19(21)22/h14-17H,2-13H2,1H3. The van der Waals surface area contributed by atoms with Crippen LogP contribution in [0.4, 0.5) is 0 Å². The summed E-state index contributed by atoms with van der Waals surface area (Å²) in [6.45, 7) is 2.23. The summed E-state index contributed by atoms with van der Waals surface area (Å²) < 4.78 is 5.63. The molecule has 5 heteroatoms. The second-order valence-corrected chi connectivity index (χ2v) is 7.37. The molecule has 2 saturated carbocycles. The Balaban J connectivity index is 1.64. The summed E-state index contributed by atoms with van der Waals surface area (Å²) in [4.78, 5) is 22.8. The van der Waals surface area contributed by atoms with Crippen LogP contribution in [0.1, 0.15) is 84.0 Å². The first-order chi connectivity index (χ1) is 11.1. The van der Waals surface area contributed by atoms with Crippen LogP contribution in [0.25, 0.3) is 0 Å². The third kappa shape index (κ3) is 5.78. The van der Waals surface area contributed by atoms with Gasteiger partial charge in [0.15, 0.2) is 0 Å². The van der Waals surface area contributed by atoms with Crippen LogP contribution in [0.15, 0.2) is 0 Å². The molecule has 132 valence electrons. The molecule has 0 aromatic heterocycles. The average Bonchev–Trinajstić information content (AvgIpc) is 2.56. The van der Waals surface area contributed by atoms with Gasteiger partial charge in [0, 0.05) is 17.8 Å². The van der Waals surface area contributed by atoms with Gasteiger partial charge in [0.1, 0.15) is 6.10 Å². The molecule has 0 spiro atoms. The van der Waals surface area contributed by atoms with Crippen molar-refractivity contribution in [2.24, 2.45) is 11.8 Å². The Morgan fingerprint density at radius 1 is 1.04 bits per heavy atom. The van der Waals surface area contributed by atoms with E-state index < -0.39 is 6.04 Å². The van der Waals surface area contributed by atoms with E-state index in [9.17, 15) is 14.9 Å². The summed E-state index contributed by atoms with van der Waals surface area (Å²) in [7, 11) is 0. The zero-order chi connectivity index (χ0) is 16.7. The van der Waals surface area contributed by atoms with Crippen LogP contribution < -0.4 is 0 Å². The van der Waals surface area contributed by atoms with Crippen LogP contribution in [0.5, 0.6) is 0 Å². The zero-order valence-corrected chi connectivity index (χ0v) is 14.4. The van der Waals surface area contributed by atoms with Gasteiger partial charge in [-0.15, -0.1) is 0 Å². The van der Waals surface area contributed by atoms with Crippen molar-refractivity contribution in [2.45, 2.75) is 96.1 Å². The minimum Gasteiger partial charge on any atom is -0.462 e. The third-order valence-electron chi connectivity index (χ3n) is 5.62. The number of hydrogen-bond acceptors (Lipinski definition) is 4. The molecule has 0 bridgehead atoms. The van der Waals surface area contributed by atoms with E-state index in [0.29, 0.717) is 25.7 Å². The average molecular weight is 325 g/mol. The fourth-order valence-corrected chi connectivity index (χ4v) is 4.00. The molecule has 0 radical (unpaired) electrons. The highest BCUT2D eigenvalue weighted by atomic mass is 16.6. The van der Waals surface area contributed by atoms with Crippen molar-refractivity contribution < 1.29 is 14.5 Å². The largest absolute Gasteiger partial charge is 0.462 e. The molecule has 23 heavy (non-hydrogen) atoms. The van der Waals surface area contributed by atoms with Crippen LogP contribution >= 0.6 is 0 Å². The summed E-state index contributed by atoms with van der Waals surface area (Å²) in [6, 6.07) is -0.441. The van der Waals surface area contributed by atoms with Gasteiger partial charge >= 0.3 is 5.97 Å². The molecule has 0 saturated heterocycles. The lowest BCUT2D eigenvalue weighted by molar-refractivity contribution is -0.527. The molecule has 2 rings (SSSR count). The van der Waals surface area contributed by atoms with E-state index in [4.69, 9.17) is 4.74 Å². The van der Waals surface area contributed by atoms with Crippen LogP contribution in [0.2, 0.25) is 0 Å². The van der Waals surface area contributed by atoms with E-state index in [0.717, 1.165) is 31.6 Å². The molecule has 0 aliphatic heterocycles. The summed E-state index contributed by atoms with van der Waals surface area (Å²) >= 11 is 0. The summed E-state index contributed by atoms with van der Waals surface area (Å²) in [5, 5.41) is 10.8. The van der Waals surface area contributed by atoms with Crippen molar-refractivity contribution in [3.8, 4) is 0 Å². The molecule has 0 aromatic rings. The van der Waals surface area contributed by atoms with Crippen molar-refractivity contribution in [1.82, 2.24) is 0 Å². The molecule has 0 aromatic carbocycles. The molecule has 0 N–H and O–H groups in total. The molecular formula is C18H31NO4. The minimum absolute atomic E-state index is 0.0541. The van der Waals surface area contributed by atoms with E-state index in [1.165, 1.54) is 25.7 Å². The lowest BCUT2D eigenvalue weighted by Gasteiger charge is -2.30. The van der Waals surface area contributed by atoms with E-state index in [1.54, 1.807) is 0 Å². The van der Waals surface area contributed by atoms with Gasteiger partial charge in [-0.2, -0.15) is 0 Å². The zero-order valence-electron chi connectivity index (χ0n) is 14.4. The molecule has 2 fully saturated rings. The normalized spacial score (nSPS) is 31.5. The maximum atomic E-state index is 12.3. The summed E-state index contributed by atoms with van der Waals surface area (Å²) in [6.07, 6.45) is 11.7. The maximum Gasteiger partial charge on any atom is 0.309 e. The maximum absolute atomic E-state index is 12.3. The van der Waals surface area contributed by atoms with Gasteiger partial charge in [-0.05, 0) is 44.4 Å². The fourth-order valence-electron chi connectivity index (χ4n) is 4.00. The fraction of sp³-hybridized carbons (Fsp3) is 0.944. The molecule has 0 atom stereocenters. The Kier molecular flexibility index (Phi) is 7.31. The number of carbonyl (C=O) groups excluding carboxylic acids is 1. The van der Waals surface area contributed by atoms with Gasteiger partial charge in [0.25, 0.3) is 0 Å². The van der Waals surface area contributed by atoms with Crippen molar-refractivity contribution in [1.29, 1.82) is 0 Å². The lowest BCUT2D eigenvalue weighted by Crippen LogP contribution is -2.33. The number of nitrogens with zero attached hydrogens (tertiary/aromatic N) is 1. The topological polar surface area (TPSA) is 69.4 Å². The van der Waals surface area contributed by atoms with Crippen molar-refractivity contribution in [3.63, 3.8) is 0 Å². The number of nitro groups is 1. The van der Waals surface area contributed by atoms with Gasteiger partial charge in [0.2, 0.25) is 6.04 Å². The molecule has 0 amide bonds. The second-order valence-electron chi connectivity index (χ2n) is 7.37. The molecule has 0 heterocycles. The Morgan fingerprint density at radius 2 is 1.70 bits per heavy atom. The number of esters is 1. The Bertz CT molecular complexity index is 382. The Labute approximate surface area is 139 Å². The number of rotatable bonds is 7. The lowest BCUT2D eigenvalue weighted by atomic mass is 9.79. The third-order valence-corrected chi connectivity index (χ3v) is 5.62. The van der Waals surface area contributed by atoms with Crippen LogP contribution in [-0.4, -0.2) is 23.0 Å². The van der Waals surface area contributed by atoms with Gasteiger partial charge in [-0.25, -0.2) is 0 Å². The summed E-state index contributed by atoms with van der Waals surface area (Å²) in [5.41, 5.74) is 0. The number of unbranched alkanes of at least 4 members (excludes halogenated alkanes) is 2. The predicted molar refractivity (Wildman–Crippen MR) is 88.7 cm³/mol. The quantitative estimate of drug-likeness (QED) is 0.299. The van der Waals surface area contributed by atoms with E-state index in [2.05, 4.69) is 6.92 Å². The van der Waals surface area contributed by atoms with Gasteiger partial charge in [-0.1, -0.05) is 32.6 Å².